The summed E-state index contributed by atoms with van der Waals surface area (Å²) in [5.41, 5.74) is 12.0. The summed E-state index contributed by atoms with van der Waals surface area (Å²) in [7, 11) is 0. The SMILES string of the molecule is CCCCCc1cc2[n+](cc1-c1ccccc1)C(C)(CC)C(CC)(Cc1c[n+]3cc(C)ccc3c3c1ccc1c4ccccc4sc13)c1ccccc1-2. The molecule has 8 aromatic rings. The number of thiophene rings is 1. The van der Waals surface area contributed by atoms with Crippen LogP contribution in [0, 0.1) is 6.92 Å². The molecular formula is C50H50N2S+2. The van der Waals surface area contributed by atoms with Gasteiger partial charge in [-0.15, -0.1) is 11.3 Å². The van der Waals surface area contributed by atoms with Gasteiger partial charge in [0.2, 0.25) is 11.2 Å². The number of benzene rings is 4. The summed E-state index contributed by atoms with van der Waals surface area (Å²) in [6, 6.07) is 41.4. The van der Waals surface area contributed by atoms with Crippen molar-refractivity contribution in [1.29, 1.82) is 0 Å². The number of unbranched alkanes of at least 4 members (excludes halogenated alkanes) is 2. The Bertz CT molecular complexity index is 2670. The Morgan fingerprint density at radius 2 is 1.43 bits per heavy atom. The Morgan fingerprint density at radius 1 is 0.660 bits per heavy atom. The first kappa shape index (κ1) is 33.9. The molecular weight excluding hydrogens is 661 g/mol. The smallest absolute Gasteiger partial charge is 0.192 e. The summed E-state index contributed by atoms with van der Waals surface area (Å²) < 4.78 is 7.89. The number of pyridine rings is 3. The van der Waals surface area contributed by atoms with Gasteiger partial charge in [0.15, 0.2) is 24.1 Å². The molecule has 4 aromatic heterocycles. The molecule has 264 valence electrons. The van der Waals surface area contributed by atoms with E-state index in [1.54, 1.807) is 0 Å². The molecule has 2 nitrogen and oxygen atoms in total. The van der Waals surface area contributed by atoms with Gasteiger partial charge in [-0.05, 0) is 72.9 Å². The van der Waals surface area contributed by atoms with Gasteiger partial charge in [0.05, 0.1) is 21.1 Å². The van der Waals surface area contributed by atoms with Crippen molar-refractivity contribution < 1.29 is 8.97 Å². The lowest BCUT2D eigenvalue weighted by Gasteiger charge is -2.48. The van der Waals surface area contributed by atoms with Crippen molar-refractivity contribution in [2.45, 2.75) is 90.5 Å². The van der Waals surface area contributed by atoms with Crippen molar-refractivity contribution >= 4 is 47.8 Å². The highest BCUT2D eigenvalue weighted by Crippen LogP contribution is 2.53. The lowest BCUT2D eigenvalue weighted by molar-refractivity contribution is -0.765. The molecule has 5 heterocycles. The Labute approximate surface area is 318 Å². The minimum atomic E-state index is -0.183. The number of rotatable bonds is 9. The molecule has 9 rings (SSSR count). The second-order valence-corrected chi connectivity index (χ2v) is 16.7. The summed E-state index contributed by atoms with van der Waals surface area (Å²) in [5, 5.41) is 5.47. The van der Waals surface area contributed by atoms with Crippen LogP contribution in [0.3, 0.4) is 0 Å². The molecule has 3 heteroatoms. The van der Waals surface area contributed by atoms with Gasteiger partial charge in [-0.1, -0.05) is 112 Å². The van der Waals surface area contributed by atoms with Crippen LogP contribution < -0.4 is 8.97 Å². The van der Waals surface area contributed by atoms with Crippen LogP contribution in [0.2, 0.25) is 0 Å². The van der Waals surface area contributed by atoms with Crippen LogP contribution in [-0.4, -0.2) is 0 Å². The molecule has 0 fully saturated rings. The van der Waals surface area contributed by atoms with E-state index in [0.29, 0.717) is 0 Å². The fraction of sp³-hybridized carbons (Fsp3) is 0.280. The molecule has 0 radical (unpaired) electrons. The third-order valence-corrected chi connectivity index (χ3v) is 14.1. The van der Waals surface area contributed by atoms with Crippen molar-refractivity contribution in [2.75, 3.05) is 0 Å². The predicted octanol–water partition coefficient (Wildman–Crippen LogP) is 12.6. The summed E-state index contributed by atoms with van der Waals surface area (Å²) >= 11 is 1.94. The maximum absolute atomic E-state index is 2.72. The maximum Gasteiger partial charge on any atom is 0.219 e. The predicted molar refractivity (Wildman–Crippen MR) is 225 cm³/mol. The largest absolute Gasteiger partial charge is 0.219 e. The topological polar surface area (TPSA) is 7.98 Å². The van der Waals surface area contributed by atoms with Gasteiger partial charge in [0.1, 0.15) is 0 Å². The molecule has 1 aliphatic rings. The summed E-state index contributed by atoms with van der Waals surface area (Å²) in [5.74, 6) is 0. The minimum absolute atomic E-state index is 0.159. The summed E-state index contributed by atoms with van der Waals surface area (Å²) in [4.78, 5) is 0. The van der Waals surface area contributed by atoms with Gasteiger partial charge in [-0.2, -0.15) is 8.97 Å². The van der Waals surface area contributed by atoms with E-state index in [1.165, 1.54) is 100 Å². The molecule has 0 N–H and O–H groups in total. The lowest BCUT2D eigenvalue weighted by atomic mass is 9.57. The molecule has 0 bridgehead atoms. The third kappa shape index (κ3) is 5.18. The summed E-state index contributed by atoms with van der Waals surface area (Å²) in [6.45, 7) is 11.9. The van der Waals surface area contributed by atoms with Crippen LogP contribution in [0.25, 0.3) is 58.8 Å². The molecule has 2 unspecified atom stereocenters. The molecule has 0 saturated carbocycles. The van der Waals surface area contributed by atoms with Crippen LogP contribution in [0.15, 0.2) is 128 Å². The first-order valence-electron chi connectivity index (χ1n) is 19.8. The van der Waals surface area contributed by atoms with Gasteiger partial charge in [-0.25, -0.2) is 0 Å². The van der Waals surface area contributed by atoms with Crippen LogP contribution in [-0.2, 0) is 23.8 Å². The van der Waals surface area contributed by atoms with E-state index in [4.69, 9.17) is 0 Å². The molecule has 0 spiro atoms. The number of fused-ring (bicyclic) bond motifs is 10. The van der Waals surface area contributed by atoms with Crippen molar-refractivity contribution in [3.05, 3.63) is 150 Å². The molecule has 2 atom stereocenters. The first-order valence-corrected chi connectivity index (χ1v) is 20.6. The third-order valence-electron chi connectivity index (χ3n) is 12.9. The van der Waals surface area contributed by atoms with Crippen molar-refractivity contribution in [2.24, 2.45) is 0 Å². The number of nitrogens with zero attached hydrogens (tertiary/aromatic N) is 2. The van der Waals surface area contributed by atoms with Gasteiger partial charge in [0.25, 0.3) is 0 Å². The molecule has 0 saturated heterocycles. The van der Waals surface area contributed by atoms with E-state index in [2.05, 4.69) is 171 Å². The molecule has 4 aromatic carbocycles. The first-order chi connectivity index (χ1) is 25.9. The number of aromatic nitrogens is 2. The van der Waals surface area contributed by atoms with Crippen LogP contribution in [0.1, 0.15) is 82.1 Å². The highest BCUT2D eigenvalue weighted by molar-refractivity contribution is 7.26. The highest BCUT2D eigenvalue weighted by atomic mass is 32.1. The van der Waals surface area contributed by atoms with E-state index in [0.717, 1.165) is 25.7 Å². The van der Waals surface area contributed by atoms with Crippen molar-refractivity contribution in [1.82, 2.24) is 0 Å². The summed E-state index contributed by atoms with van der Waals surface area (Å²) in [6.07, 6.45) is 15.1. The molecule has 0 amide bonds. The molecule has 1 aliphatic heterocycles. The molecule has 53 heavy (non-hydrogen) atoms. The van der Waals surface area contributed by atoms with E-state index in [-0.39, 0.29) is 11.0 Å². The lowest BCUT2D eigenvalue weighted by Crippen LogP contribution is -2.69. The quantitative estimate of drug-likeness (QED) is 0.0800. The van der Waals surface area contributed by atoms with Gasteiger partial charge in [0, 0.05) is 57.6 Å². The monoisotopic (exact) mass is 710 g/mol. The maximum atomic E-state index is 2.72. The molecule has 0 aliphatic carbocycles. The zero-order valence-electron chi connectivity index (χ0n) is 31.9. The second kappa shape index (κ2) is 13.2. The second-order valence-electron chi connectivity index (χ2n) is 15.7. The van der Waals surface area contributed by atoms with Gasteiger partial charge >= 0.3 is 0 Å². The Kier molecular flexibility index (Phi) is 8.46. The Hall–Kier alpha value is -4.86. The van der Waals surface area contributed by atoms with Crippen LogP contribution in [0.4, 0.5) is 0 Å². The standard InChI is InChI=1S/C50H50N2S/c1-6-9-11-20-36-29-45-41-22-14-16-23-43(41)50(8-3,49(5,7-2)52(45)33-42(36)35-18-12-10-13-19-35)30-37-32-51-31-34(4)25-28-44(51)47-38(37)26-27-40-39-21-15-17-24-46(39)53-48(40)47/h10,12-19,21-29,31-33H,6-9,11,20,30H2,1-5H3/q+2. The Morgan fingerprint density at radius 3 is 2.25 bits per heavy atom. The van der Waals surface area contributed by atoms with E-state index >= 15 is 0 Å². The van der Waals surface area contributed by atoms with Gasteiger partial charge in [-0.3, -0.25) is 0 Å². The zero-order chi connectivity index (χ0) is 36.3. The normalized spacial score (nSPS) is 18.2. The van der Waals surface area contributed by atoms with Crippen molar-refractivity contribution in [3.8, 4) is 22.4 Å². The van der Waals surface area contributed by atoms with E-state index in [1.807, 2.05) is 11.3 Å². The Balaban J connectivity index is 1.32. The van der Waals surface area contributed by atoms with Crippen LogP contribution in [0.5, 0.6) is 0 Å². The average molecular weight is 711 g/mol. The minimum Gasteiger partial charge on any atom is -0.192 e. The number of hydrogen-bond acceptors (Lipinski definition) is 1. The van der Waals surface area contributed by atoms with Crippen LogP contribution >= 0.6 is 11.3 Å². The number of aryl methyl sites for hydroxylation is 2. The fourth-order valence-corrected chi connectivity index (χ4v) is 11.2. The van der Waals surface area contributed by atoms with Gasteiger partial charge < -0.3 is 0 Å². The number of hydrogen-bond donors (Lipinski definition) is 0. The highest BCUT2D eigenvalue weighted by Gasteiger charge is 2.59. The average Bonchev–Trinajstić information content (AvgIpc) is 3.58. The van der Waals surface area contributed by atoms with Crippen molar-refractivity contribution in [3.63, 3.8) is 0 Å². The zero-order valence-corrected chi connectivity index (χ0v) is 32.7. The van der Waals surface area contributed by atoms with E-state index in [9.17, 15) is 0 Å². The fourth-order valence-electron chi connectivity index (χ4n) is 9.96. The van der Waals surface area contributed by atoms with E-state index < -0.39 is 0 Å².